The summed E-state index contributed by atoms with van der Waals surface area (Å²) in [4.78, 5) is 0. The molecule has 2 heteroatoms. The fraction of sp³-hybridized carbons (Fsp3) is 0.385. The van der Waals surface area contributed by atoms with Crippen LogP contribution in [-0.4, -0.2) is 16.1 Å². The highest BCUT2D eigenvalue weighted by Gasteiger charge is 2.17. The van der Waals surface area contributed by atoms with E-state index in [1.807, 2.05) is 0 Å². The van der Waals surface area contributed by atoms with Crippen molar-refractivity contribution >= 4 is 16.1 Å². The van der Waals surface area contributed by atoms with E-state index in [1.165, 1.54) is 33.4 Å². The average Bonchev–Trinajstić information content (AvgIpc) is 2.58. The van der Waals surface area contributed by atoms with E-state index in [0.29, 0.717) is 0 Å². The second-order valence-corrected chi connectivity index (χ2v) is 19.5. The van der Waals surface area contributed by atoms with Crippen molar-refractivity contribution in [1.29, 1.82) is 0 Å². The van der Waals surface area contributed by atoms with Crippen LogP contribution in [-0.2, 0) is 25.7 Å². The molecule has 0 N–H and O–H groups in total. The fourth-order valence-corrected chi connectivity index (χ4v) is 4.81. The number of hydrogen-bond acceptors (Lipinski definition) is 0. The maximum Gasteiger partial charge on any atom is 0.129 e. The first-order chi connectivity index (χ1) is 13.1. The molecule has 1 aliphatic carbocycles. The zero-order valence-corrected chi connectivity index (χ0v) is 20.3. The molecule has 0 amide bonds. The molecular weight excluding hydrogens is 368 g/mol. The van der Waals surface area contributed by atoms with Gasteiger partial charge in [-0.2, -0.15) is 0 Å². The SMILES string of the molecule is C[Si](C)(C)C#CCc1cc2c(cc1CC#C[Si](C)(C)C)Cc1ccccc1C2. The van der Waals surface area contributed by atoms with Crippen LogP contribution in [0.15, 0.2) is 36.4 Å². The van der Waals surface area contributed by atoms with Gasteiger partial charge < -0.3 is 0 Å². The van der Waals surface area contributed by atoms with Crippen molar-refractivity contribution in [3.63, 3.8) is 0 Å². The Kier molecular flexibility index (Phi) is 6.04. The van der Waals surface area contributed by atoms with Crippen LogP contribution >= 0.6 is 0 Å². The molecule has 0 aliphatic heterocycles. The van der Waals surface area contributed by atoms with Gasteiger partial charge in [0.1, 0.15) is 16.1 Å². The highest BCUT2D eigenvalue weighted by Crippen LogP contribution is 2.29. The monoisotopic (exact) mass is 400 g/mol. The van der Waals surface area contributed by atoms with Crippen LogP contribution in [0.2, 0.25) is 39.3 Å². The van der Waals surface area contributed by atoms with Crippen molar-refractivity contribution in [2.75, 3.05) is 0 Å². The molecule has 3 rings (SSSR count). The molecule has 0 unspecified atom stereocenters. The van der Waals surface area contributed by atoms with Crippen LogP contribution in [0.5, 0.6) is 0 Å². The van der Waals surface area contributed by atoms with Crippen LogP contribution in [0.25, 0.3) is 0 Å². The Hall–Kier alpha value is -2.01. The Morgan fingerprint density at radius 3 is 1.39 bits per heavy atom. The van der Waals surface area contributed by atoms with E-state index < -0.39 is 16.1 Å². The summed E-state index contributed by atoms with van der Waals surface area (Å²) in [7, 11) is -2.68. The van der Waals surface area contributed by atoms with Gasteiger partial charge in [0.15, 0.2) is 0 Å². The van der Waals surface area contributed by atoms with Gasteiger partial charge in [0.05, 0.1) is 0 Å². The molecule has 0 radical (unpaired) electrons. The van der Waals surface area contributed by atoms with Gasteiger partial charge in [0.2, 0.25) is 0 Å². The second-order valence-electron chi connectivity index (χ2n) is 9.97. The average molecular weight is 401 g/mol. The predicted molar refractivity (Wildman–Crippen MR) is 128 cm³/mol. The molecule has 0 saturated carbocycles. The molecule has 2 aromatic rings. The van der Waals surface area contributed by atoms with Crippen molar-refractivity contribution in [1.82, 2.24) is 0 Å². The van der Waals surface area contributed by atoms with Crippen LogP contribution in [0, 0.1) is 22.9 Å². The first-order valence-corrected chi connectivity index (χ1v) is 17.3. The molecule has 0 saturated heterocycles. The number of benzene rings is 2. The summed E-state index contributed by atoms with van der Waals surface area (Å²) in [5, 5.41) is 0. The van der Waals surface area contributed by atoms with Gasteiger partial charge in [-0.1, -0.05) is 75.7 Å². The number of hydrogen-bond donors (Lipinski definition) is 0. The summed E-state index contributed by atoms with van der Waals surface area (Å²) in [6.07, 6.45) is 3.79. The Morgan fingerprint density at radius 2 is 1.04 bits per heavy atom. The minimum absolute atomic E-state index is 0.850. The van der Waals surface area contributed by atoms with Crippen LogP contribution in [0.1, 0.15) is 33.4 Å². The first kappa shape index (κ1) is 20.7. The summed E-state index contributed by atoms with van der Waals surface area (Å²) in [6, 6.07) is 13.7. The van der Waals surface area contributed by atoms with Gasteiger partial charge in [0, 0.05) is 12.8 Å². The van der Waals surface area contributed by atoms with Crippen LogP contribution < -0.4 is 0 Å². The smallest absolute Gasteiger partial charge is 0.129 e. The summed E-state index contributed by atoms with van der Waals surface area (Å²) in [6.45, 7) is 13.9. The van der Waals surface area contributed by atoms with E-state index in [2.05, 4.69) is 98.6 Å². The first-order valence-electron chi connectivity index (χ1n) is 10.3. The quantitative estimate of drug-likeness (QED) is 0.364. The van der Waals surface area contributed by atoms with E-state index in [1.54, 1.807) is 0 Å². The van der Waals surface area contributed by atoms with Gasteiger partial charge in [-0.25, -0.2) is 0 Å². The largest absolute Gasteiger partial charge is 0.132 e. The van der Waals surface area contributed by atoms with E-state index in [4.69, 9.17) is 0 Å². The zero-order chi connectivity index (χ0) is 20.4. The Labute approximate surface area is 173 Å². The lowest BCUT2D eigenvalue weighted by atomic mass is 9.83. The standard InChI is InChI=1S/C26H32Si2/c1-27(2,3)15-9-13-23-19-25-17-21-11-7-8-12-22(21)18-26(25)20-24(23)14-10-16-28(4,5)6/h7-8,11-12,19-20H,13-14,17-18H2,1-6H3. The molecule has 1 aliphatic rings. The van der Waals surface area contributed by atoms with Gasteiger partial charge >= 0.3 is 0 Å². The molecule has 0 bridgehead atoms. The molecule has 0 fully saturated rings. The molecular formula is C26H32Si2. The molecule has 0 spiro atoms. The van der Waals surface area contributed by atoms with Crippen molar-refractivity contribution < 1.29 is 0 Å². The normalized spacial score (nSPS) is 12.8. The molecule has 0 heterocycles. The zero-order valence-electron chi connectivity index (χ0n) is 18.3. The molecule has 2 aromatic carbocycles. The third-order valence-electron chi connectivity index (χ3n) is 4.89. The van der Waals surface area contributed by atoms with Crippen molar-refractivity contribution in [2.24, 2.45) is 0 Å². The maximum absolute atomic E-state index is 3.53. The highest BCUT2D eigenvalue weighted by atomic mass is 28.3. The van der Waals surface area contributed by atoms with Gasteiger partial charge in [-0.15, -0.1) is 22.9 Å². The van der Waals surface area contributed by atoms with E-state index in [9.17, 15) is 0 Å². The van der Waals surface area contributed by atoms with Crippen molar-refractivity contribution in [3.8, 4) is 22.9 Å². The maximum atomic E-state index is 3.53. The van der Waals surface area contributed by atoms with Gasteiger partial charge in [-0.05, 0) is 46.2 Å². The van der Waals surface area contributed by atoms with E-state index in [-0.39, 0.29) is 0 Å². The Balaban J connectivity index is 1.96. The van der Waals surface area contributed by atoms with Gasteiger partial charge in [0.25, 0.3) is 0 Å². The lowest BCUT2D eigenvalue weighted by Crippen LogP contribution is -2.17. The van der Waals surface area contributed by atoms with E-state index in [0.717, 1.165) is 25.7 Å². The van der Waals surface area contributed by atoms with E-state index >= 15 is 0 Å². The molecule has 0 nitrogen and oxygen atoms in total. The number of rotatable bonds is 2. The predicted octanol–water partition coefficient (Wildman–Crippen LogP) is 6.03. The second kappa shape index (κ2) is 8.16. The molecule has 144 valence electrons. The summed E-state index contributed by atoms with van der Waals surface area (Å²) < 4.78 is 0. The molecule has 28 heavy (non-hydrogen) atoms. The van der Waals surface area contributed by atoms with Gasteiger partial charge in [-0.3, -0.25) is 0 Å². The van der Waals surface area contributed by atoms with Crippen molar-refractivity contribution in [2.45, 2.75) is 65.0 Å². The molecule has 0 aromatic heterocycles. The Bertz CT molecular complexity index is 911. The summed E-state index contributed by atoms with van der Waals surface area (Å²) in [5.41, 5.74) is 15.7. The third-order valence-corrected chi connectivity index (χ3v) is 6.74. The lowest BCUT2D eigenvalue weighted by Gasteiger charge is -2.22. The Morgan fingerprint density at radius 1 is 0.643 bits per heavy atom. The molecule has 0 atom stereocenters. The van der Waals surface area contributed by atoms with Crippen LogP contribution in [0.4, 0.5) is 0 Å². The number of fused-ring (bicyclic) bond motifs is 2. The minimum Gasteiger partial charge on any atom is -0.132 e. The third kappa shape index (κ3) is 5.74. The fourth-order valence-electron chi connectivity index (χ4n) is 3.57. The lowest BCUT2D eigenvalue weighted by molar-refractivity contribution is 0.982. The van der Waals surface area contributed by atoms with Crippen LogP contribution in [0.3, 0.4) is 0 Å². The topological polar surface area (TPSA) is 0 Å². The van der Waals surface area contributed by atoms with Crippen molar-refractivity contribution in [3.05, 3.63) is 69.8 Å². The minimum atomic E-state index is -1.34. The summed E-state index contributed by atoms with van der Waals surface area (Å²) >= 11 is 0. The highest BCUT2D eigenvalue weighted by molar-refractivity contribution is 6.84. The summed E-state index contributed by atoms with van der Waals surface area (Å²) in [5.74, 6) is 6.97.